The average Bonchev–Trinajstić information content (AvgIpc) is 2.69. The summed E-state index contributed by atoms with van der Waals surface area (Å²) in [4.78, 5) is 13.6. The molecule has 0 radical (unpaired) electrons. The standard InChI is InChI=1S/C12H22N2O2S/c1-10(2)14(7-8-16-9-15)6-4-11-12(17)3-5-13-11/h9-11,13H,3-8H2,1-2H3. The van der Waals surface area contributed by atoms with Gasteiger partial charge in [-0.05, 0) is 26.7 Å². The quantitative estimate of drug-likeness (QED) is 0.399. The fourth-order valence-corrected chi connectivity index (χ4v) is 2.37. The monoisotopic (exact) mass is 258 g/mol. The lowest BCUT2D eigenvalue weighted by Crippen LogP contribution is -2.38. The topological polar surface area (TPSA) is 41.6 Å². The van der Waals surface area contributed by atoms with Gasteiger partial charge in [0.1, 0.15) is 6.61 Å². The summed E-state index contributed by atoms with van der Waals surface area (Å²) in [6, 6.07) is 0.846. The molecule has 1 heterocycles. The molecule has 0 aromatic heterocycles. The van der Waals surface area contributed by atoms with E-state index in [0.29, 0.717) is 25.2 Å². The summed E-state index contributed by atoms with van der Waals surface area (Å²) in [6.07, 6.45) is 2.06. The molecule has 1 saturated heterocycles. The molecule has 0 saturated carbocycles. The SMILES string of the molecule is CC(C)N(CCOC=O)CCC1NCCC1=S. The Labute approximate surface area is 109 Å². The Balaban J connectivity index is 2.28. The van der Waals surface area contributed by atoms with Crippen molar-refractivity contribution >= 4 is 23.6 Å². The summed E-state index contributed by atoms with van der Waals surface area (Å²) in [5, 5.41) is 3.41. The number of hydrogen-bond donors (Lipinski definition) is 1. The van der Waals surface area contributed by atoms with Crippen molar-refractivity contribution in [3.63, 3.8) is 0 Å². The summed E-state index contributed by atoms with van der Waals surface area (Å²) < 4.78 is 4.74. The Bertz CT molecular complexity index is 259. The first-order valence-electron chi connectivity index (χ1n) is 6.20. The summed E-state index contributed by atoms with van der Waals surface area (Å²) in [5.74, 6) is 0. The summed E-state index contributed by atoms with van der Waals surface area (Å²) in [6.45, 7) is 8.06. The zero-order valence-corrected chi connectivity index (χ0v) is 11.5. The van der Waals surface area contributed by atoms with Gasteiger partial charge in [-0.3, -0.25) is 9.69 Å². The first-order chi connectivity index (χ1) is 8.15. The number of rotatable bonds is 8. The van der Waals surface area contributed by atoms with E-state index in [-0.39, 0.29) is 0 Å². The predicted octanol–water partition coefficient (Wildman–Crippen LogP) is 0.992. The molecule has 1 aliphatic rings. The zero-order valence-electron chi connectivity index (χ0n) is 10.6. The van der Waals surface area contributed by atoms with E-state index in [1.807, 2.05) is 0 Å². The number of carbonyl (C=O) groups is 1. The van der Waals surface area contributed by atoms with Crippen molar-refractivity contribution in [2.45, 2.75) is 38.8 Å². The van der Waals surface area contributed by atoms with Crippen molar-refractivity contribution in [2.24, 2.45) is 0 Å². The van der Waals surface area contributed by atoms with E-state index in [4.69, 9.17) is 17.0 Å². The molecule has 0 aromatic carbocycles. The van der Waals surface area contributed by atoms with E-state index < -0.39 is 0 Å². The largest absolute Gasteiger partial charge is 0.467 e. The molecule has 5 heteroatoms. The van der Waals surface area contributed by atoms with E-state index in [9.17, 15) is 4.79 Å². The molecule has 1 atom stereocenters. The normalized spacial score (nSPS) is 20.2. The maximum Gasteiger partial charge on any atom is 0.293 e. The average molecular weight is 258 g/mol. The van der Waals surface area contributed by atoms with Gasteiger partial charge in [0.25, 0.3) is 6.47 Å². The summed E-state index contributed by atoms with van der Waals surface area (Å²) >= 11 is 5.31. The van der Waals surface area contributed by atoms with Crippen LogP contribution in [0.3, 0.4) is 0 Å². The zero-order chi connectivity index (χ0) is 12.7. The lowest BCUT2D eigenvalue weighted by molar-refractivity contribution is -0.129. The highest BCUT2D eigenvalue weighted by atomic mass is 32.1. The van der Waals surface area contributed by atoms with Crippen LogP contribution in [0, 0.1) is 0 Å². The van der Waals surface area contributed by atoms with Gasteiger partial charge in [-0.1, -0.05) is 12.2 Å². The van der Waals surface area contributed by atoms with E-state index in [0.717, 1.165) is 37.3 Å². The van der Waals surface area contributed by atoms with E-state index in [1.54, 1.807) is 0 Å². The molecule has 0 aliphatic carbocycles. The van der Waals surface area contributed by atoms with Crippen LogP contribution in [0.2, 0.25) is 0 Å². The van der Waals surface area contributed by atoms with Crippen LogP contribution in [-0.2, 0) is 9.53 Å². The van der Waals surface area contributed by atoms with Crippen LogP contribution in [0.15, 0.2) is 0 Å². The van der Waals surface area contributed by atoms with Gasteiger partial charge in [0.15, 0.2) is 0 Å². The Hall–Kier alpha value is -0.520. The Morgan fingerprint density at radius 3 is 2.88 bits per heavy atom. The van der Waals surface area contributed by atoms with Crippen LogP contribution in [-0.4, -0.2) is 54.6 Å². The van der Waals surface area contributed by atoms with Gasteiger partial charge < -0.3 is 10.1 Å². The van der Waals surface area contributed by atoms with Gasteiger partial charge in [-0.2, -0.15) is 0 Å². The van der Waals surface area contributed by atoms with E-state index in [2.05, 4.69) is 24.1 Å². The molecule has 4 nitrogen and oxygen atoms in total. The van der Waals surface area contributed by atoms with E-state index in [1.165, 1.54) is 0 Å². The number of nitrogens with one attached hydrogen (secondary N) is 1. The van der Waals surface area contributed by atoms with Crippen LogP contribution in [0.5, 0.6) is 0 Å². The number of nitrogens with zero attached hydrogens (tertiary/aromatic N) is 1. The minimum Gasteiger partial charge on any atom is -0.467 e. The van der Waals surface area contributed by atoms with Gasteiger partial charge in [0, 0.05) is 36.6 Å². The number of hydrogen-bond acceptors (Lipinski definition) is 5. The second-order valence-corrected chi connectivity index (χ2v) is 5.13. The Morgan fingerprint density at radius 2 is 2.35 bits per heavy atom. The Kier molecular flexibility index (Phi) is 6.62. The second-order valence-electron chi connectivity index (χ2n) is 4.61. The Morgan fingerprint density at radius 1 is 1.59 bits per heavy atom. The third-order valence-corrected chi connectivity index (χ3v) is 3.64. The maximum atomic E-state index is 10.1. The fraction of sp³-hybridized carbons (Fsp3) is 0.833. The van der Waals surface area contributed by atoms with Gasteiger partial charge >= 0.3 is 0 Å². The van der Waals surface area contributed by atoms with Gasteiger partial charge in [-0.15, -0.1) is 0 Å². The third kappa shape index (κ3) is 5.10. The van der Waals surface area contributed by atoms with Crippen LogP contribution in [0.1, 0.15) is 26.7 Å². The molecule has 0 bridgehead atoms. The number of thiocarbonyl (C=S) groups is 1. The molecule has 0 spiro atoms. The smallest absolute Gasteiger partial charge is 0.293 e. The first-order valence-corrected chi connectivity index (χ1v) is 6.61. The molecule has 0 amide bonds. The molecule has 1 N–H and O–H groups in total. The molecule has 1 rings (SSSR count). The maximum absolute atomic E-state index is 10.1. The van der Waals surface area contributed by atoms with Crippen LogP contribution in [0.25, 0.3) is 0 Å². The summed E-state index contributed by atoms with van der Waals surface area (Å²) in [5.41, 5.74) is 0. The molecular formula is C12H22N2O2S. The minimum absolute atomic E-state index is 0.387. The van der Waals surface area contributed by atoms with Crippen molar-refractivity contribution in [1.29, 1.82) is 0 Å². The molecule has 17 heavy (non-hydrogen) atoms. The highest BCUT2D eigenvalue weighted by Crippen LogP contribution is 2.09. The van der Waals surface area contributed by atoms with Crippen molar-refractivity contribution in [3.05, 3.63) is 0 Å². The highest BCUT2D eigenvalue weighted by Gasteiger charge is 2.21. The summed E-state index contributed by atoms with van der Waals surface area (Å²) in [7, 11) is 0. The first kappa shape index (κ1) is 14.5. The molecule has 1 unspecified atom stereocenters. The minimum atomic E-state index is 0.387. The van der Waals surface area contributed by atoms with Crippen molar-refractivity contribution in [3.8, 4) is 0 Å². The van der Waals surface area contributed by atoms with Crippen LogP contribution >= 0.6 is 12.2 Å². The number of carbonyl (C=O) groups excluding carboxylic acids is 1. The van der Waals surface area contributed by atoms with Crippen LogP contribution < -0.4 is 5.32 Å². The third-order valence-electron chi connectivity index (χ3n) is 3.15. The lowest BCUT2D eigenvalue weighted by atomic mass is 10.1. The fourth-order valence-electron chi connectivity index (χ4n) is 2.06. The van der Waals surface area contributed by atoms with Crippen LogP contribution in [0.4, 0.5) is 0 Å². The molecule has 98 valence electrons. The molecule has 1 aliphatic heterocycles. The highest BCUT2D eigenvalue weighted by molar-refractivity contribution is 7.80. The predicted molar refractivity (Wildman–Crippen MR) is 72.3 cm³/mol. The molecule has 1 fully saturated rings. The van der Waals surface area contributed by atoms with Gasteiger partial charge in [-0.25, -0.2) is 0 Å². The van der Waals surface area contributed by atoms with Crippen molar-refractivity contribution < 1.29 is 9.53 Å². The molecule has 0 aromatic rings. The van der Waals surface area contributed by atoms with Crippen molar-refractivity contribution in [1.82, 2.24) is 10.2 Å². The number of ether oxygens (including phenoxy) is 1. The van der Waals surface area contributed by atoms with Gasteiger partial charge in [0.2, 0.25) is 0 Å². The second kappa shape index (κ2) is 7.74. The lowest BCUT2D eigenvalue weighted by Gasteiger charge is -2.27. The van der Waals surface area contributed by atoms with Gasteiger partial charge in [0.05, 0.1) is 0 Å². The molecular weight excluding hydrogens is 236 g/mol. The van der Waals surface area contributed by atoms with E-state index >= 15 is 0 Å². The van der Waals surface area contributed by atoms with Crippen molar-refractivity contribution in [2.75, 3.05) is 26.2 Å².